The molecule has 1 atom stereocenters. The van der Waals surface area contributed by atoms with Gasteiger partial charge in [-0.25, -0.2) is 4.39 Å². The SMILES string of the molecule is CC(C)(F)CN1CCC(COc2ccc(-c3ccc(C(=O)N4CCC[C@@H](O)C4)cc3)cc2C#N)CC1. The molecule has 192 valence electrons. The van der Waals surface area contributed by atoms with E-state index >= 15 is 0 Å². The van der Waals surface area contributed by atoms with Crippen LogP contribution in [0, 0.1) is 17.2 Å². The lowest BCUT2D eigenvalue weighted by atomic mass is 9.96. The minimum Gasteiger partial charge on any atom is -0.492 e. The number of ether oxygens (including phenoxy) is 1. The maximum Gasteiger partial charge on any atom is 0.253 e. The van der Waals surface area contributed by atoms with Gasteiger partial charge in [-0.15, -0.1) is 0 Å². The van der Waals surface area contributed by atoms with E-state index in [-0.39, 0.29) is 5.91 Å². The second-order valence-corrected chi connectivity index (χ2v) is 10.7. The molecule has 0 radical (unpaired) electrons. The molecule has 2 aliphatic heterocycles. The van der Waals surface area contributed by atoms with Crippen LogP contribution in [-0.4, -0.2) is 71.9 Å². The van der Waals surface area contributed by atoms with Gasteiger partial charge in [0.25, 0.3) is 5.91 Å². The van der Waals surface area contributed by atoms with Gasteiger partial charge in [0.2, 0.25) is 0 Å². The number of aliphatic hydroxyl groups is 1. The predicted molar refractivity (Wildman–Crippen MR) is 138 cm³/mol. The van der Waals surface area contributed by atoms with Crippen LogP contribution in [0.25, 0.3) is 11.1 Å². The van der Waals surface area contributed by atoms with Crippen LogP contribution in [0.2, 0.25) is 0 Å². The molecular formula is C29H36FN3O3. The quantitative estimate of drug-likeness (QED) is 0.607. The highest BCUT2D eigenvalue weighted by atomic mass is 19.1. The fraction of sp³-hybridized carbons (Fsp3) is 0.517. The van der Waals surface area contributed by atoms with Crippen LogP contribution in [0.4, 0.5) is 4.39 Å². The van der Waals surface area contributed by atoms with Gasteiger partial charge < -0.3 is 19.6 Å². The number of β-amino-alcohol motifs (C(OH)–C–C–N with tert-alkyl or cyclic N) is 1. The first-order valence-corrected chi connectivity index (χ1v) is 12.9. The number of amides is 1. The van der Waals surface area contributed by atoms with Crippen molar-refractivity contribution in [2.45, 2.75) is 51.3 Å². The first-order valence-electron chi connectivity index (χ1n) is 12.9. The van der Waals surface area contributed by atoms with Crippen molar-refractivity contribution >= 4 is 5.91 Å². The van der Waals surface area contributed by atoms with Crippen molar-refractivity contribution in [2.24, 2.45) is 5.92 Å². The molecule has 36 heavy (non-hydrogen) atoms. The van der Waals surface area contributed by atoms with Crippen LogP contribution in [0.1, 0.15) is 55.5 Å². The lowest BCUT2D eigenvalue weighted by Crippen LogP contribution is -2.42. The van der Waals surface area contributed by atoms with E-state index in [0.29, 0.717) is 49.0 Å². The number of aliphatic hydroxyl groups excluding tert-OH is 1. The van der Waals surface area contributed by atoms with Gasteiger partial charge in [-0.1, -0.05) is 18.2 Å². The summed E-state index contributed by atoms with van der Waals surface area (Å²) in [4.78, 5) is 16.6. The Bertz CT molecular complexity index is 1080. The Morgan fingerprint density at radius 3 is 2.44 bits per heavy atom. The number of alkyl halides is 1. The molecule has 2 aliphatic rings. The monoisotopic (exact) mass is 493 g/mol. The number of hydrogen-bond acceptors (Lipinski definition) is 5. The van der Waals surface area contributed by atoms with E-state index in [1.807, 2.05) is 30.3 Å². The van der Waals surface area contributed by atoms with Crippen molar-refractivity contribution in [3.8, 4) is 22.9 Å². The average Bonchev–Trinajstić information content (AvgIpc) is 2.87. The highest BCUT2D eigenvalue weighted by Gasteiger charge is 2.26. The van der Waals surface area contributed by atoms with Crippen LogP contribution in [-0.2, 0) is 0 Å². The van der Waals surface area contributed by atoms with Gasteiger partial charge in [0.15, 0.2) is 0 Å². The summed E-state index contributed by atoms with van der Waals surface area (Å²) in [5.41, 5.74) is 1.69. The summed E-state index contributed by atoms with van der Waals surface area (Å²) in [7, 11) is 0. The Kier molecular flexibility index (Phi) is 8.28. The third kappa shape index (κ3) is 6.83. The zero-order valence-corrected chi connectivity index (χ0v) is 21.3. The third-order valence-electron chi connectivity index (χ3n) is 7.03. The lowest BCUT2D eigenvalue weighted by Gasteiger charge is -2.34. The van der Waals surface area contributed by atoms with Gasteiger partial charge in [-0.05, 0) is 93.9 Å². The van der Waals surface area contributed by atoms with Gasteiger partial charge in [0.05, 0.1) is 18.3 Å². The summed E-state index contributed by atoms with van der Waals surface area (Å²) in [5.74, 6) is 0.895. The molecule has 0 saturated carbocycles. The summed E-state index contributed by atoms with van der Waals surface area (Å²) in [6.45, 7) is 7.00. The molecule has 2 saturated heterocycles. The highest BCUT2D eigenvalue weighted by molar-refractivity contribution is 5.94. The van der Waals surface area contributed by atoms with Gasteiger partial charge in [0.1, 0.15) is 17.5 Å². The molecule has 1 amide bonds. The first-order chi connectivity index (χ1) is 17.2. The number of carbonyl (C=O) groups is 1. The van der Waals surface area contributed by atoms with Gasteiger partial charge in [-0.3, -0.25) is 4.79 Å². The van der Waals surface area contributed by atoms with Crippen LogP contribution in [0.5, 0.6) is 5.75 Å². The molecule has 0 bridgehead atoms. The van der Waals surface area contributed by atoms with E-state index in [0.717, 1.165) is 49.9 Å². The van der Waals surface area contributed by atoms with Gasteiger partial charge in [0, 0.05) is 25.2 Å². The second kappa shape index (κ2) is 11.4. The molecule has 0 spiro atoms. The van der Waals surface area contributed by atoms with E-state index in [4.69, 9.17) is 4.74 Å². The number of nitrogens with zero attached hydrogens (tertiary/aromatic N) is 3. The number of hydrogen-bond donors (Lipinski definition) is 1. The first kappa shape index (κ1) is 26.1. The topological polar surface area (TPSA) is 76.8 Å². The Balaban J connectivity index is 1.35. The number of likely N-dealkylation sites (tertiary alicyclic amines) is 2. The second-order valence-electron chi connectivity index (χ2n) is 10.7. The lowest BCUT2D eigenvalue weighted by molar-refractivity contribution is 0.0474. The fourth-order valence-electron chi connectivity index (χ4n) is 5.10. The van der Waals surface area contributed by atoms with Gasteiger partial charge in [-0.2, -0.15) is 5.26 Å². The van der Waals surface area contributed by atoms with Gasteiger partial charge >= 0.3 is 0 Å². The average molecular weight is 494 g/mol. The van der Waals surface area contributed by atoms with Crippen molar-refractivity contribution in [3.05, 3.63) is 53.6 Å². The number of benzene rings is 2. The van der Waals surface area contributed by atoms with E-state index in [2.05, 4.69) is 11.0 Å². The summed E-state index contributed by atoms with van der Waals surface area (Å²) >= 11 is 0. The maximum absolute atomic E-state index is 13.9. The summed E-state index contributed by atoms with van der Waals surface area (Å²) in [6, 6.07) is 15.2. The maximum atomic E-state index is 13.9. The molecule has 6 nitrogen and oxygen atoms in total. The molecule has 2 aromatic carbocycles. The minimum absolute atomic E-state index is 0.0685. The van der Waals surface area contributed by atoms with E-state index < -0.39 is 11.8 Å². The Morgan fingerprint density at radius 1 is 1.11 bits per heavy atom. The predicted octanol–water partition coefficient (Wildman–Crippen LogP) is 4.66. The Morgan fingerprint density at radius 2 is 1.81 bits per heavy atom. The van der Waals surface area contributed by atoms with Crippen molar-refractivity contribution < 1.29 is 19.0 Å². The van der Waals surface area contributed by atoms with Crippen LogP contribution in [0.3, 0.4) is 0 Å². The van der Waals surface area contributed by atoms with E-state index in [1.54, 1.807) is 30.9 Å². The molecule has 2 aromatic rings. The number of carbonyl (C=O) groups excluding carboxylic acids is 1. The van der Waals surface area contributed by atoms with E-state index in [1.165, 1.54) is 0 Å². The third-order valence-corrected chi connectivity index (χ3v) is 7.03. The zero-order chi connectivity index (χ0) is 25.7. The van der Waals surface area contributed by atoms with Crippen molar-refractivity contribution in [1.82, 2.24) is 9.80 Å². The summed E-state index contributed by atoms with van der Waals surface area (Å²) in [6.07, 6.45) is 3.01. The fourth-order valence-corrected chi connectivity index (χ4v) is 5.10. The minimum atomic E-state index is -1.18. The molecule has 0 aliphatic carbocycles. The number of piperidine rings is 2. The van der Waals surface area contributed by atoms with Crippen LogP contribution < -0.4 is 4.74 Å². The van der Waals surface area contributed by atoms with Crippen LogP contribution in [0.15, 0.2) is 42.5 Å². The van der Waals surface area contributed by atoms with Crippen molar-refractivity contribution in [3.63, 3.8) is 0 Å². The van der Waals surface area contributed by atoms with E-state index in [9.17, 15) is 19.6 Å². The smallest absolute Gasteiger partial charge is 0.253 e. The summed E-state index contributed by atoms with van der Waals surface area (Å²) < 4.78 is 19.9. The molecule has 2 heterocycles. The highest BCUT2D eigenvalue weighted by Crippen LogP contribution is 2.28. The van der Waals surface area contributed by atoms with Crippen molar-refractivity contribution in [2.75, 3.05) is 39.3 Å². The zero-order valence-electron chi connectivity index (χ0n) is 21.3. The van der Waals surface area contributed by atoms with Crippen LogP contribution >= 0.6 is 0 Å². The molecule has 0 aromatic heterocycles. The molecule has 4 rings (SSSR count). The normalized spacial score (nSPS) is 19.6. The molecular weight excluding hydrogens is 457 g/mol. The largest absolute Gasteiger partial charge is 0.492 e. The van der Waals surface area contributed by atoms with Crippen molar-refractivity contribution in [1.29, 1.82) is 5.26 Å². The standard InChI is InChI=1S/C29H36FN3O3/c1-29(2,30)20-32-14-11-21(12-15-32)19-36-27-10-9-24(16-25(27)17-31)22-5-7-23(8-6-22)28(35)33-13-3-4-26(34)18-33/h5-10,16,21,26,34H,3-4,11-15,18-20H2,1-2H3/t26-/m1/s1. The molecule has 0 unspecified atom stereocenters. The molecule has 7 heteroatoms. The Hall–Kier alpha value is -2.95. The number of rotatable bonds is 7. The molecule has 1 N–H and O–H groups in total. The number of halogens is 1. The summed E-state index contributed by atoms with van der Waals surface area (Å²) in [5, 5.41) is 19.6. The number of nitriles is 1. The molecule has 2 fully saturated rings. The Labute approximate surface area is 213 Å².